The lowest BCUT2D eigenvalue weighted by molar-refractivity contribution is -0.142. The van der Waals surface area contributed by atoms with E-state index in [9.17, 15) is 4.79 Å². The molecule has 0 fully saturated rings. The third-order valence-corrected chi connectivity index (χ3v) is 3.11. The smallest absolute Gasteiger partial charge is 0.306 e. The van der Waals surface area contributed by atoms with E-state index in [-0.39, 0.29) is 12.0 Å². The van der Waals surface area contributed by atoms with Gasteiger partial charge in [-0.15, -0.1) is 0 Å². The summed E-state index contributed by atoms with van der Waals surface area (Å²) in [5, 5.41) is 9.00. The van der Waals surface area contributed by atoms with Gasteiger partial charge in [-0.05, 0) is 36.1 Å². The van der Waals surface area contributed by atoms with Gasteiger partial charge in [-0.1, -0.05) is 6.07 Å². The summed E-state index contributed by atoms with van der Waals surface area (Å²) in [5.41, 5.74) is 8.01. The van der Waals surface area contributed by atoms with Crippen LogP contribution in [0.3, 0.4) is 0 Å². The zero-order valence-corrected chi connectivity index (χ0v) is 9.14. The maximum Gasteiger partial charge on any atom is 0.306 e. The normalized spacial score (nSPS) is 23.6. The molecule has 4 heteroatoms. The van der Waals surface area contributed by atoms with Gasteiger partial charge in [0, 0.05) is 6.04 Å². The van der Waals surface area contributed by atoms with Crippen molar-refractivity contribution in [2.24, 2.45) is 11.7 Å². The molecule has 0 aromatic heterocycles. The van der Waals surface area contributed by atoms with Crippen LogP contribution in [-0.4, -0.2) is 18.2 Å². The molecular formula is C12H15NO3. The number of hydrogen-bond donors (Lipinski definition) is 2. The van der Waals surface area contributed by atoms with Gasteiger partial charge < -0.3 is 15.6 Å². The molecular weight excluding hydrogens is 206 g/mol. The monoisotopic (exact) mass is 221 g/mol. The molecule has 1 aromatic rings. The van der Waals surface area contributed by atoms with E-state index in [2.05, 4.69) is 0 Å². The summed E-state index contributed by atoms with van der Waals surface area (Å²) in [6.45, 7) is 0. The van der Waals surface area contributed by atoms with Gasteiger partial charge in [0.2, 0.25) is 0 Å². The van der Waals surface area contributed by atoms with E-state index in [1.54, 1.807) is 7.11 Å². The van der Waals surface area contributed by atoms with Crippen LogP contribution in [0, 0.1) is 5.92 Å². The van der Waals surface area contributed by atoms with Crippen molar-refractivity contribution in [3.8, 4) is 5.75 Å². The third-order valence-electron chi connectivity index (χ3n) is 3.11. The fraction of sp³-hybridized carbons (Fsp3) is 0.417. The summed E-state index contributed by atoms with van der Waals surface area (Å²) in [6, 6.07) is 5.44. The Bertz CT molecular complexity index is 417. The Morgan fingerprint density at radius 1 is 1.56 bits per heavy atom. The van der Waals surface area contributed by atoms with Gasteiger partial charge in [0.1, 0.15) is 5.75 Å². The number of carboxylic acids is 1. The number of carbonyl (C=O) groups is 1. The zero-order chi connectivity index (χ0) is 11.7. The second kappa shape index (κ2) is 4.14. The number of fused-ring (bicyclic) bond motifs is 1. The quantitative estimate of drug-likeness (QED) is 0.790. The predicted octanol–water partition coefficient (Wildman–Crippen LogP) is 1.34. The zero-order valence-electron chi connectivity index (χ0n) is 9.14. The van der Waals surface area contributed by atoms with Crippen LogP contribution in [0.25, 0.3) is 0 Å². The average Bonchev–Trinajstić information content (AvgIpc) is 2.28. The van der Waals surface area contributed by atoms with Gasteiger partial charge >= 0.3 is 5.97 Å². The maximum atomic E-state index is 11.0. The van der Waals surface area contributed by atoms with Crippen molar-refractivity contribution < 1.29 is 14.6 Å². The Labute approximate surface area is 94.0 Å². The van der Waals surface area contributed by atoms with Crippen LogP contribution < -0.4 is 10.5 Å². The van der Waals surface area contributed by atoms with E-state index >= 15 is 0 Å². The van der Waals surface area contributed by atoms with E-state index in [4.69, 9.17) is 15.6 Å². The molecule has 2 rings (SSSR count). The molecule has 0 radical (unpaired) electrons. The largest absolute Gasteiger partial charge is 0.497 e. The number of hydrogen-bond acceptors (Lipinski definition) is 3. The Kier molecular flexibility index (Phi) is 2.83. The van der Waals surface area contributed by atoms with E-state index in [1.165, 1.54) is 0 Å². The summed E-state index contributed by atoms with van der Waals surface area (Å²) in [4.78, 5) is 11.0. The molecule has 86 valence electrons. The van der Waals surface area contributed by atoms with E-state index in [0.717, 1.165) is 16.9 Å². The van der Waals surface area contributed by atoms with Gasteiger partial charge in [-0.2, -0.15) is 0 Å². The van der Waals surface area contributed by atoms with Gasteiger partial charge in [0.25, 0.3) is 0 Å². The van der Waals surface area contributed by atoms with E-state index in [1.807, 2.05) is 18.2 Å². The average molecular weight is 221 g/mol. The predicted molar refractivity (Wildman–Crippen MR) is 59.4 cm³/mol. The molecule has 0 bridgehead atoms. The third kappa shape index (κ3) is 1.88. The number of aliphatic carboxylic acids is 1. The molecule has 1 aliphatic carbocycles. The second-order valence-corrected chi connectivity index (χ2v) is 4.15. The maximum absolute atomic E-state index is 11.0. The molecule has 0 spiro atoms. The molecule has 16 heavy (non-hydrogen) atoms. The molecule has 4 nitrogen and oxygen atoms in total. The molecule has 0 saturated carbocycles. The Hall–Kier alpha value is -1.55. The highest BCUT2D eigenvalue weighted by atomic mass is 16.5. The SMILES string of the molecule is COc1ccc2c(c1)C(N)CC(C(=O)O)C2. The Morgan fingerprint density at radius 2 is 2.31 bits per heavy atom. The van der Waals surface area contributed by atoms with Crippen LogP contribution in [0.1, 0.15) is 23.6 Å². The van der Waals surface area contributed by atoms with Crippen molar-refractivity contribution in [3.63, 3.8) is 0 Å². The first-order valence-electron chi connectivity index (χ1n) is 5.27. The Morgan fingerprint density at radius 3 is 2.94 bits per heavy atom. The molecule has 1 aliphatic rings. The standard InChI is InChI=1S/C12H15NO3/c1-16-9-3-2-7-4-8(12(14)15)5-11(13)10(7)6-9/h2-3,6,8,11H,4-5,13H2,1H3,(H,14,15). The number of carboxylic acid groups (broad SMARTS) is 1. The topological polar surface area (TPSA) is 72.5 Å². The fourth-order valence-corrected chi connectivity index (χ4v) is 2.20. The second-order valence-electron chi connectivity index (χ2n) is 4.15. The van der Waals surface area contributed by atoms with Crippen LogP contribution in [0.15, 0.2) is 18.2 Å². The van der Waals surface area contributed by atoms with E-state index < -0.39 is 5.97 Å². The van der Waals surface area contributed by atoms with Crippen LogP contribution in [0.5, 0.6) is 5.75 Å². The number of ether oxygens (including phenoxy) is 1. The summed E-state index contributed by atoms with van der Waals surface area (Å²) < 4.78 is 5.13. The minimum Gasteiger partial charge on any atom is -0.497 e. The van der Waals surface area contributed by atoms with E-state index in [0.29, 0.717) is 12.8 Å². The lowest BCUT2D eigenvalue weighted by Crippen LogP contribution is -2.28. The highest BCUT2D eigenvalue weighted by Crippen LogP contribution is 2.33. The Balaban J connectivity index is 2.34. The lowest BCUT2D eigenvalue weighted by atomic mass is 9.81. The summed E-state index contributed by atoms with van der Waals surface area (Å²) in [7, 11) is 1.61. The van der Waals surface area contributed by atoms with Gasteiger partial charge in [0.05, 0.1) is 13.0 Å². The minimum atomic E-state index is -0.767. The van der Waals surface area contributed by atoms with Crippen molar-refractivity contribution in [1.29, 1.82) is 0 Å². The molecule has 0 amide bonds. The van der Waals surface area contributed by atoms with Crippen LogP contribution in [-0.2, 0) is 11.2 Å². The van der Waals surface area contributed by atoms with Crippen molar-refractivity contribution >= 4 is 5.97 Å². The summed E-state index contributed by atoms with van der Waals surface area (Å²) in [5.74, 6) is -0.365. The number of nitrogens with two attached hydrogens (primary N) is 1. The van der Waals surface area contributed by atoms with Crippen LogP contribution in [0.4, 0.5) is 0 Å². The number of rotatable bonds is 2. The first-order valence-corrected chi connectivity index (χ1v) is 5.27. The highest BCUT2D eigenvalue weighted by molar-refractivity contribution is 5.71. The van der Waals surface area contributed by atoms with Gasteiger partial charge in [-0.3, -0.25) is 4.79 Å². The molecule has 0 saturated heterocycles. The summed E-state index contributed by atoms with van der Waals surface area (Å²) in [6.07, 6.45) is 1.05. The van der Waals surface area contributed by atoms with Crippen LogP contribution in [0.2, 0.25) is 0 Å². The summed E-state index contributed by atoms with van der Waals surface area (Å²) >= 11 is 0. The van der Waals surface area contributed by atoms with Crippen molar-refractivity contribution in [2.75, 3.05) is 7.11 Å². The van der Waals surface area contributed by atoms with Gasteiger partial charge in [-0.25, -0.2) is 0 Å². The van der Waals surface area contributed by atoms with Crippen molar-refractivity contribution in [2.45, 2.75) is 18.9 Å². The molecule has 2 atom stereocenters. The highest BCUT2D eigenvalue weighted by Gasteiger charge is 2.29. The number of benzene rings is 1. The van der Waals surface area contributed by atoms with Gasteiger partial charge in [0.15, 0.2) is 0 Å². The molecule has 2 unspecified atom stereocenters. The molecule has 3 N–H and O–H groups in total. The van der Waals surface area contributed by atoms with Crippen molar-refractivity contribution in [1.82, 2.24) is 0 Å². The van der Waals surface area contributed by atoms with Crippen LogP contribution >= 0.6 is 0 Å². The number of methoxy groups -OCH3 is 1. The molecule has 0 heterocycles. The molecule has 1 aromatic carbocycles. The van der Waals surface area contributed by atoms with Crippen molar-refractivity contribution in [3.05, 3.63) is 29.3 Å². The molecule has 0 aliphatic heterocycles. The first-order chi connectivity index (χ1) is 7.61. The minimum absolute atomic E-state index is 0.208. The lowest BCUT2D eigenvalue weighted by Gasteiger charge is -2.27. The fourth-order valence-electron chi connectivity index (χ4n) is 2.20. The first kappa shape index (κ1) is 11.0.